The molecular formula is C10H7Na2O7P. The van der Waals surface area contributed by atoms with Crippen molar-refractivity contribution in [1.29, 1.82) is 0 Å². The molecule has 20 heavy (non-hydrogen) atoms. The summed E-state index contributed by atoms with van der Waals surface area (Å²) in [4.78, 5) is 32.5. The number of phenols is 1. The van der Waals surface area contributed by atoms with Gasteiger partial charge in [-0.25, -0.2) is 4.79 Å². The van der Waals surface area contributed by atoms with Crippen molar-refractivity contribution < 1.29 is 87.5 Å². The molecule has 0 amide bonds. The van der Waals surface area contributed by atoms with Crippen LogP contribution in [0.2, 0.25) is 0 Å². The van der Waals surface area contributed by atoms with Crippen molar-refractivity contribution in [3.63, 3.8) is 0 Å². The number of hydrogen-bond donors (Lipinski definition) is 1. The van der Waals surface area contributed by atoms with Gasteiger partial charge in [-0.15, -0.1) is 0 Å². The fourth-order valence-corrected chi connectivity index (χ4v) is 1.98. The van der Waals surface area contributed by atoms with E-state index >= 15 is 0 Å². The van der Waals surface area contributed by atoms with Gasteiger partial charge in [-0.1, -0.05) is 0 Å². The Morgan fingerprint density at radius 1 is 1.30 bits per heavy atom. The summed E-state index contributed by atoms with van der Waals surface area (Å²) in [6.07, 6.45) is 0. The molecule has 0 aliphatic carbocycles. The zero-order valence-electron chi connectivity index (χ0n) is 11.1. The molecule has 0 saturated heterocycles. The maximum atomic E-state index is 11.5. The van der Waals surface area contributed by atoms with Crippen LogP contribution in [0.25, 0.3) is 11.0 Å². The molecule has 0 bridgehead atoms. The summed E-state index contributed by atoms with van der Waals surface area (Å²) in [6, 6.07) is 3.94. The van der Waals surface area contributed by atoms with Crippen LogP contribution in [0.4, 0.5) is 0 Å². The summed E-state index contributed by atoms with van der Waals surface area (Å²) in [6.45, 7) is 1.40. The van der Waals surface area contributed by atoms with Crippen LogP contribution in [-0.4, -0.2) is 5.11 Å². The van der Waals surface area contributed by atoms with Crippen LogP contribution >= 0.6 is 7.82 Å². The van der Waals surface area contributed by atoms with Crippen molar-refractivity contribution in [2.45, 2.75) is 6.92 Å². The van der Waals surface area contributed by atoms with E-state index in [9.17, 15) is 24.3 Å². The van der Waals surface area contributed by atoms with E-state index in [1.54, 1.807) is 0 Å². The Labute approximate surface area is 157 Å². The first-order valence-corrected chi connectivity index (χ1v) is 6.22. The third kappa shape index (κ3) is 4.59. The Morgan fingerprint density at radius 3 is 2.45 bits per heavy atom. The standard InChI is InChI=1S/C10H9O7P.2Na/c1-5-7-3-2-6(11)4-8(7)16-10(12)9(5)17-18(13,14)15;;/h2-4,11H,1H3,(H2,13,14,15);;/q;2*+1/p-2. The van der Waals surface area contributed by atoms with E-state index in [1.165, 1.54) is 25.1 Å². The number of aryl methyl sites for hydroxylation is 1. The van der Waals surface area contributed by atoms with E-state index in [4.69, 9.17) is 4.42 Å². The molecule has 0 aliphatic heterocycles. The third-order valence-corrected chi connectivity index (χ3v) is 2.71. The predicted molar refractivity (Wildman–Crippen MR) is 57.1 cm³/mol. The monoisotopic (exact) mass is 316 g/mol. The average Bonchev–Trinajstić information content (AvgIpc) is 2.22. The summed E-state index contributed by atoms with van der Waals surface area (Å²) in [5.74, 6) is -0.779. The van der Waals surface area contributed by atoms with Gasteiger partial charge in [-0.05, 0) is 19.1 Å². The molecule has 7 nitrogen and oxygen atoms in total. The third-order valence-electron chi connectivity index (χ3n) is 2.30. The van der Waals surface area contributed by atoms with E-state index in [1.807, 2.05) is 0 Å². The van der Waals surface area contributed by atoms with Crippen LogP contribution in [-0.2, 0) is 4.57 Å². The Kier molecular flexibility index (Phi) is 7.51. The van der Waals surface area contributed by atoms with Gasteiger partial charge in [0.05, 0.1) is 0 Å². The Hall–Kier alpha value is 0.180. The molecule has 2 aromatic rings. The molecule has 2 rings (SSSR count). The van der Waals surface area contributed by atoms with E-state index < -0.39 is 19.2 Å². The number of aromatic hydroxyl groups is 1. The molecule has 1 aromatic carbocycles. The minimum atomic E-state index is -5.34. The van der Waals surface area contributed by atoms with Gasteiger partial charge in [0.2, 0.25) is 5.75 Å². The molecule has 1 N–H and O–H groups in total. The Balaban J connectivity index is 0.00000180. The van der Waals surface area contributed by atoms with Crippen molar-refractivity contribution in [3.05, 3.63) is 34.2 Å². The number of rotatable bonds is 2. The summed E-state index contributed by atoms with van der Waals surface area (Å²) in [5, 5.41) is 9.59. The Bertz CT molecular complexity index is 721. The summed E-state index contributed by atoms with van der Waals surface area (Å²) in [7, 11) is -5.34. The van der Waals surface area contributed by atoms with Crippen LogP contribution in [0, 0.1) is 6.92 Å². The van der Waals surface area contributed by atoms with Gasteiger partial charge < -0.3 is 28.4 Å². The molecule has 10 heteroatoms. The van der Waals surface area contributed by atoms with E-state index in [-0.39, 0.29) is 76.0 Å². The molecule has 1 heterocycles. The summed E-state index contributed by atoms with van der Waals surface area (Å²) < 4.78 is 19.4. The van der Waals surface area contributed by atoms with Crippen molar-refractivity contribution >= 4 is 18.8 Å². The molecule has 1 aromatic heterocycles. The number of benzene rings is 1. The topological polar surface area (TPSA) is 123 Å². The molecule has 0 radical (unpaired) electrons. The summed E-state index contributed by atoms with van der Waals surface area (Å²) in [5.41, 5.74) is -0.887. The van der Waals surface area contributed by atoms with Crippen molar-refractivity contribution in [2.75, 3.05) is 0 Å². The number of phosphoric acid groups is 1. The zero-order valence-corrected chi connectivity index (χ0v) is 16.0. The van der Waals surface area contributed by atoms with Gasteiger partial charge in [0, 0.05) is 17.0 Å². The van der Waals surface area contributed by atoms with Crippen molar-refractivity contribution in [2.24, 2.45) is 0 Å². The smallest absolute Gasteiger partial charge is 0.780 e. The fourth-order valence-electron chi connectivity index (χ4n) is 1.54. The maximum absolute atomic E-state index is 11.5. The largest absolute Gasteiger partial charge is 1.00 e. The van der Waals surface area contributed by atoms with Crippen LogP contribution in [0.3, 0.4) is 0 Å². The molecule has 96 valence electrons. The van der Waals surface area contributed by atoms with E-state index in [0.717, 1.165) is 0 Å². The number of hydrogen-bond acceptors (Lipinski definition) is 7. The molecule has 0 atom stereocenters. The number of fused-ring (bicyclic) bond motifs is 1. The molecule has 0 aliphatic rings. The van der Waals surface area contributed by atoms with E-state index in [0.29, 0.717) is 5.39 Å². The number of phenolic OH excluding ortho intramolecular Hbond substituents is 1. The van der Waals surface area contributed by atoms with E-state index in [2.05, 4.69) is 4.52 Å². The van der Waals surface area contributed by atoms with Gasteiger partial charge in [0.1, 0.15) is 19.2 Å². The molecule has 0 saturated carbocycles. The minimum Gasteiger partial charge on any atom is -0.780 e. The second kappa shape index (κ2) is 7.45. The van der Waals surface area contributed by atoms with Gasteiger partial charge in [0.15, 0.2) is 0 Å². The second-order valence-corrected chi connectivity index (χ2v) is 4.64. The maximum Gasteiger partial charge on any atom is 1.00 e. The van der Waals surface area contributed by atoms with Crippen LogP contribution in [0.15, 0.2) is 27.4 Å². The van der Waals surface area contributed by atoms with Gasteiger partial charge in [-0.2, -0.15) is 0 Å². The molecule has 0 spiro atoms. The first kappa shape index (κ1) is 20.2. The van der Waals surface area contributed by atoms with Crippen LogP contribution in [0.1, 0.15) is 5.56 Å². The first-order chi connectivity index (χ1) is 8.28. The predicted octanol–water partition coefficient (Wildman–Crippen LogP) is -5.98. The average molecular weight is 316 g/mol. The summed E-state index contributed by atoms with van der Waals surface area (Å²) >= 11 is 0. The normalized spacial score (nSPS) is 10.6. The molecule has 0 unspecified atom stereocenters. The van der Waals surface area contributed by atoms with Gasteiger partial charge in [-0.3, -0.25) is 0 Å². The Morgan fingerprint density at radius 2 is 1.90 bits per heavy atom. The quantitative estimate of drug-likeness (QED) is 0.332. The number of phosphoric ester groups is 1. The van der Waals surface area contributed by atoms with Gasteiger partial charge >= 0.3 is 64.7 Å². The molecular weight excluding hydrogens is 309 g/mol. The SMILES string of the molecule is Cc1c(OP(=O)([O-])[O-])c(=O)oc2cc(O)ccc12.[Na+].[Na+]. The van der Waals surface area contributed by atoms with Crippen LogP contribution < -0.4 is 79.1 Å². The zero-order chi connectivity index (χ0) is 13.5. The second-order valence-electron chi connectivity index (χ2n) is 3.56. The first-order valence-electron chi connectivity index (χ1n) is 4.76. The molecule has 0 fully saturated rings. The van der Waals surface area contributed by atoms with Crippen molar-refractivity contribution in [1.82, 2.24) is 0 Å². The minimum absolute atomic E-state index is 0. The fraction of sp³-hybridized carbons (Fsp3) is 0.100. The van der Waals surface area contributed by atoms with Gasteiger partial charge in [0.25, 0.3) is 0 Å². The van der Waals surface area contributed by atoms with Crippen molar-refractivity contribution in [3.8, 4) is 11.5 Å². The van der Waals surface area contributed by atoms with Crippen LogP contribution in [0.5, 0.6) is 11.5 Å².